The molecule has 1 aliphatic rings. The molecule has 0 amide bonds. The molecule has 6 nitrogen and oxygen atoms in total. The lowest BCUT2D eigenvalue weighted by atomic mass is 9.98. The van der Waals surface area contributed by atoms with Gasteiger partial charge in [0, 0.05) is 31.9 Å². The van der Waals surface area contributed by atoms with E-state index in [1.807, 2.05) is 31.2 Å². The molecular weight excluding hydrogens is 413 g/mol. The molecule has 1 fully saturated rings. The Morgan fingerprint density at radius 1 is 1.00 bits per heavy atom. The van der Waals surface area contributed by atoms with Crippen LogP contribution in [0.3, 0.4) is 0 Å². The number of thiazole rings is 1. The number of halogens is 1. The summed E-state index contributed by atoms with van der Waals surface area (Å²) in [5.74, 6) is 0.590. The van der Waals surface area contributed by atoms with Gasteiger partial charge in [-0.1, -0.05) is 35.6 Å². The molecule has 0 bridgehead atoms. The number of rotatable bonds is 4. The Hall–Kier alpha value is -2.97. The van der Waals surface area contributed by atoms with Crippen molar-refractivity contribution in [2.45, 2.75) is 19.9 Å². The number of aryl methyl sites for hydroxylation is 2. The second kappa shape index (κ2) is 7.94. The Labute approximate surface area is 184 Å². The van der Waals surface area contributed by atoms with Gasteiger partial charge < -0.3 is 10.0 Å². The highest BCUT2D eigenvalue weighted by Gasteiger charge is 2.32. The summed E-state index contributed by atoms with van der Waals surface area (Å²) in [4.78, 5) is 10.7. The molecule has 0 saturated carbocycles. The van der Waals surface area contributed by atoms with Crippen LogP contribution in [-0.2, 0) is 0 Å². The zero-order valence-electron chi connectivity index (χ0n) is 17.5. The van der Waals surface area contributed by atoms with Gasteiger partial charge in [0.25, 0.3) is 0 Å². The van der Waals surface area contributed by atoms with E-state index in [0.717, 1.165) is 36.7 Å². The fraction of sp³-hybridized carbons (Fsp3) is 0.304. The van der Waals surface area contributed by atoms with Crippen molar-refractivity contribution in [3.8, 4) is 5.88 Å². The molecule has 8 heteroatoms. The van der Waals surface area contributed by atoms with E-state index in [-0.39, 0.29) is 17.7 Å². The minimum Gasteiger partial charge on any atom is -0.492 e. The van der Waals surface area contributed by atoms with Gasteiger partial charge in [0.2, 0.25) is 10.8 Å². The topological polar surface area (TPSA) is 56.9 Å². The number of fused-ring (bicyclic) bond motifs is 1. The molecule has 0 radical (unpaired) electrons. The van der Waals surface area contributed by atoms with Gasteiger partial charge in [-0.3, -0.25) is 4.90 Å². The van der Waals surface area contributed by atoms with Crippen molar-refractivity contribution in [3.05, 3.63) is 76.2 Å². The number of nitrogens with zero attached hydrogens (tertiary/aromatic N) is 5. The van der Waals surface area contributed by atoms with Crippen molar-refractivity contribution in [3.63, 3.8) is 0 Å². The molecular formula is C23H24FN5OS. The van der Waals surface area contributed by atoms with Crippen LogP contribution in [0.1, 0.15) is 27.9 Å². The lowest BCUT2D eigenvalue weighted by Crippen LogP contribution is -2.48. The quantitative estimate of drug-likeness (QED) is 0.520. The zero-order chi connectivity index (χ0) is 21.5. The van der Waals surface area contributed by atoms with Crippen molar-refractivity contribution in [1.82, 2.24) is 19.5 Å². The van der Waals surface area contributed by atoms with Crippen LogP contribution in [0.25, 0.3) is 4.96 Å². The lowest BCUT2D eigenvalue weighted by Gasteiger charge is -2.40. The predicted octanol–water partition coefficient (Wildman–Crippen LogP) is 4.16. The molecule has 0 aliphatic carbocycles. The Balaban J connectivity index is 1.48. The van der Waals surface area contributed by atoms with Crippen molar-refractivity contribution in [2.75, 3.05) is 31.1 Å². The highest BCUT2D eigenvalue weighted by atomic mass is 32.1. The maximum absolute atomic E-state index is 13.3. The van der Waals surface area contributed by atoms with Gasteiger partial charge in [0.1, 0.15) is 11.6 Å². The van der Waals surface area contributed by atoms with Crippen molar-refractivity contribution >= 4 is 22.0 Å². The largest absolute Gasteiger partial charge is 0.492 e. The summed E-state index contributed by atoms with van der Waals surface area (Å²) in [7, 11) is 0. The van der Waals surface area contributed by atoms with Crippen molar-refractivity contribution in [1.29, 1.82) is 0 Å². The maximum atomic E-state index is 13.3. The highest BCUT2D eigenvalue weighted by Crippen LogP contribution is 2.41. The van der Waals surface area contributed by atoms with Gasteiger partial charge >= 0.3 is 0 Å². The fourth-order valence-corrected chi connectivity index (χ4v) is 5.47. The molecule has 0 spiro atoms. The van der Waals surface area contributed by atoms with Crippen LogP contribution in [0.15, 0.2) is 48.5 Å². The third kappa shape index (κ3) is 3.66. The molecule has 1 atom stereocenters. The first-order chi connectivity index (χ1) is 15.0. The number of benzene rings is 2. The molecule has 2 aromatic carbocycles. The van der Waals surface area contributed by atoms with E-state index in [9.17, 15) is 9.50 Å². The Bertz CT molecular complexity index is 1210. The van der Waals surface area contributed by atoms with Crippen LogP contribution >= 0.6 is 11.3 Å². The summed E-state index contributed by atoms with van der Waals surface area (Å²) >= 11 is 1.49. The molecule has 3 heterocycles. The van der Waals surface area contributed by atoms with E-state index in [1.54, 1.807) is 0 Å². The first-order valence-corrected chi connectivity index (χ1v) is 11.2. The van der Waals surface area contributed by atoms with E-state index in [4.69, 9.17) is 0 Å². The number of hydrogen-bond acceptors (Lipinski definition) is 6. The average molecular weight is 438 g/mol. The summed E-state index contributed by atoms with van der Waals surface area (Å²) in [6.45, 7) is 7.23. The third-order valence-corrected chi connectivity index (χ3v) is 6.98. The van der Waals surface area contributed by atoms with Gasteiger partial charge in [0.15, 0.2) is 0 Å². The lowest BCUT2D eigenvalue weighted by molar-refractivity contribution is 0.210. The molecule has 2 aromatic heterocycles. The predicted molar refractivity (Wildman–Crippen MR) is 120 cm³/mol. The zero-order valence-corrected chi connectivity index (χ0v) is 18.3. The Morgan fingerprint density at radius 3 is 2.39 bits per heavy atom. The first-order valence-electron chi connectivity index (χ1n) is 10.4. The van der Waals surface area contributed by atoms with Gasteiger partial charge in [-0.2, -0.15) is 4.52 Å². The molecule has 5 rings (SSSR count). The van der Waals surface area contributed by atoms with Crippen molar-refractivity contribution < 1.29 is 9.50 Å². The molecule has 160 valence electrons. The number of anilines is 1. The van der Waals surface area contributed by atoms with E-state index in [2.05, 4.69) is 38.9 Å². The summed E-state index contributed by atoms with van der Waals surface area (Å²) < 4.78 is 14.8. The Morgan fingerprint density at radius 2 is 1.71 bits per heavy atom. The van der Waals surface area contributed by atoms with Crippen LogP contribution in [-0.4, -0.2) is 50.8 Å². The summed E-state index contributed by atoms with van der Waals surface area (Å²) in [5, 5.41) is 15.4. The molecule has 31 heavy (non-hydrogen) atoms. The number of piperazine rings is 1. The van der Waals surface area contributed by atoms with Gasteiger partial charge in [-0.25, -0.2) is 9.37 Å². The smallest absolute Gasteiger partial charge is 0.230 e. The second-order valence-electron chi connectivity index (χ2n) is 7.90. The molecule has 1 saturated heterocycles. The van der Waals surface area contributed by atoms with Crippen LogP contribution in [0, 0.1) is 19.7 Å². The summed E-state index contributed by atoms with van der Waals surface area (Å²) in [5.41, 5.74) is 3.39. The van der Waals surface area contributed by atoms with Crippen LogP contribution in [0.5, 0.6) is 5.88 Å². The third-order valence-electron chi connectivity index (χ3n) is 5.91. The highest BCUT2D eigenvalue weighted by molar-refractivity contribution is 7.17. The summed E-state index contributed by atoms with van der Waals surface area (Å²) in [6, 6.07) is 14.9. The minimum absolute atomic E-state index is 0.0784. The molecule has 4 aromatic rings. The standard InChI is InChI=1S/C23H24FN5OS/c1-15-5-3-4-6-19(15)20(21-22(30)29-23(31-21)25-16(2)26-29)28-13-11-27(12-14-28)18-9-7-17(24)8-10-18/h3-10,20,30H,11-14H2,1-2H3. The minimum atomic E-state index is -0.218. The van der Waals surface area contributed by atoms with E-state index < -0.39 is 0 Å². The number of aromatic nitrogens is 3. The van der Waals surface area contributed by atoms with E-state index in [0.29, 0.717) is 10.8 Å². The van der Waals surface area contributed by atoms with Crippen LogP contribution in [0.2, 0.25) is 0 Å². The maximum Gasteiger partial charge on any atom is 0.230 e. The van der Waals surface area contributed by atoms with Gasteiger partial charge in [-0.05, 0) is 49.2 Å². The van der Waals surface area contributed by atoms with E-state index in [1.165, 1.54) is 39.1 Å². The van der Waals surface area contributed by atoms with E-state index >= 15 is 0 Å². The number of aromatic hydroxyl groups is 1. The SMILES string of the molecule is Cc1nc2sc(C(c3ccccc3C)N3CCN(c4ccc(F)cc4)CC3)c(O)n2n1. The fourth-order valence-electron chi connectivity index (χ4n) is 4.31. The first kappa shape index (κ1) is 20.0. The second-order valence-corrected chi connectivity index (χ2v) is 8.91. The van der Waals surface area contributed by atoms with Crippen LogP contribution in [0.4, 0.5) is 10.1 Å². The molecule has 1 aliphatic heterocycles. The monoisotopic (exact) mass is 437 g/mol. The van der Waals surface area contributed by atoms with Crippen molar-refractivity contribution in [2.24, 2.45) is 0 Å². The Kier molecular flexibility index (Phi) is 5.11. The number of hydrogen-bond donors (Lipinski definition) is 1. The molecule has 1 unspecified atom stereocenters. The van der Waals surface area contributed by atoms with Gasteiger partial charge in [0.05, 0.1) is 10.9 Å². The normalized spacial score (nSPS) is 16.2. The average Bonchev–Trinajstić information content (AvgIpc) is 3.28. The van der Waals surface area contributed by atoms with Crippen LogP contribution < -0.4 is 4.90 Å². The summed E-state index contributed by atoms with van der Waals surface area (Å²) in [6.07, 6.45) is 0. The molecule has 1 N–H and O–H groups in total. The van der Waals surface area contributed by atoms with Gasteiger partial charge in [-0.15, -0.1) is 5.10 Å².